The minimum Gasteiger partial charge on any atom is -0.497 e. The second kappa shape index (κ2) is 9.40. The summed E-state index contributed by atoms with van der Waals surface area (Å²) < 4.78 is 15.3. The lowest BCUT2D eigenvalue weighted by Crippen LogP contribution is -2.22. The molecule has 2 aromatic rings. The van der Waals surface area contributed by atoms with Crippen molar-refractivity contribution in [3.05, 3.63) is 53.6 Å². The Kier molecular flexibility index (Phi) is 6.97. The molecule has 0 fully saturated rings. The molecule has 2 rings (SSSR count). The number of rotatable bonds is 7. The second-order valence-electron chi connectivity index (χ2n) is 5.97. The Morgan fingerprint density at radius 2 is 1.64 bits per heavy atom. The van der Waals surface area contributed by atoms with E-state index in [1.54, 1.807) is 50.5 Å². The number of benzene rings is 2. The molecule has 0 unspecified atom stereocenters. The van der Waals surface area contributed by atoms with E-state index in [0.717, 1.165) is 0 Å². The van der Waals surface area contributed by atoms with Gasteiger partial charge in [-0.05, 0) is 42.5 Å². The summed E-state index contributed by atoms with van der Waals surface area (Å²) in [4.78, 5) is 37.6. The number of nitrogens with zero attached hydrogens (tertiary/aromatic N) is 1. The van der Waals surface area contributed by atoms with Crippen molar-refractivity contribution in [3.8, 4) is 11.5 Å². The summed E-state index contributed by atoms with van der Waals surface area (Å²) in [5, 5.41) is 2.60. The molecule has 0 saturated carbocycles. The van der Waals surface area contributed by atoms with Crippen molar-refractivity contribution in [2.24, 2.45) is 0 Å². The van der Waals surface area contributed by atoms with Gasteiger partial charge in [-0.1, -0.05) is 0 Å². The molecule has 148 valence electrons. The molecule has 0 bridgehead atoms. The predicted molar refractivity (Wildman–Crippen MR) is 103 cm³/mol. The first-order valence-electron chi connectivity index (χ1n) is 8.36. The van der Waals surface area contributed by atoms with Crippen LogP contribution in [0.1, 0.15) is 20.7 Å². The number of nitrogens with one attached hydrogen (secondary N) is 1. The number of anilines is 1. The van der Waals surface area contributed by atoms with E-state index in [0.29, 0.717) is 22.7 Å². The lowest BCUT2D eigenvalue weighted by molar-refractivity contribution is -0.119. The standard InChI is InChI=1S/C20H22N2O6/c1-22(2)19(24)13-5-7-14(8-6-13)21-18(23)12-28-20(25)16-11-15(26-3)9-10-17(16)27-4/h5-11H,12H2,1-4H3,(H,21,23). The Hall–Kier alpha value is -3.55. The van der Waals surface area contributed by atoms with Crippen LogP contribution in [0.5, 0.6) is 11.5 Å². The van der Waals surface area contributed by atoms with Crippen LogP contribution in [0.3, 0.4) is 0 Å². The van der Waals surface area contributed by atoms with Crippen LogP contribution < -0.4 is 14.8 Å². The Morgan fingerprint density at radius 3 is 2.21 bits per heavy atom. The van der Waals surface area contributed by atoms with Crippen LogP contribution in [0.4, 0.5) is 5.69 Å². The fourth-order valence-electron chi connectivity index (χ4n) is 2.33. The molecule has 0 aliphatic rings. The third-order valence-electron chi connectivity index (χ3n) is 3.78. The van der Waals surface area contributed by atoms with Gasteiger partial charge in [0.05, 0.1) is 14.2 Å². The van der Waals surface area contributed by atoms with Crippen LogP contribution in [-0.2, 0) is 9.53 Å². The Bertz CT molecular complexity index is 861. The maximum absolute atomic E-state index is 12.3. The number of ether oxygens (including phenoxy) is 3. The SMILES string of the molecule is COc1ccc(OC)c(C(=O)OCC(=O)Nc2ccc(C(=O)N(C)C)cc2)c1. The second-order valence-corrected chi connectivity index (χ2v) is 5.97. The number of carbonyl (C=O) groups excluding carboxylic acids is 3. The topological polar surface area (TPSA) is 94.2 Å². The molecule has 2 aromatic carbocycles. The number of hydrogen-bond acceptors (Lipinski definition) is 6. The lowest BCUT2D eigenvalue weighted by atomic mass is 10.2. The molecule has 2 amide bonds. The number of esters is 1. The van der Waals surface area contributed by atoms with Gasteiger partial charge in [0.2, 0.25) is 0 Å². The zero-order valence-corrected chi connectivity index (χ0v) is 16.1. The van der Waals surface area contributed by atoms with Crippen molar-refractivity contribution in [1.82, 2.24) is 4.90 Å². The first-order valence-corrected chi connectivity index (χ1v) is 8.36. The zero-order chi connectivity index (χ0) is 20.7. The molecular formula is C20H22N2O6. The van der Waals surface area contributed by atoms with E-state index < -0.39 is 18.5 Å². The monoisotopic (exact) mass is 386 g/mol. The van der Waals surface area contributed by atoms with Gasteiger partial charge in [-0.15, -0.1) is 0 Å². The number of hydrogen-bond donors (Lipinski definition) is 1. The molecule has 0 aliphatic heterocycles. The van der Waals surface area contributed by atoms with E-state index in [2.05, 4.69) is 5.32 Å². The largest absolute Gasteiger partial charge is 0.497 e. The highest BCUT2D eigenvalue weighted by Crippen LogP contribution is 2.24. The summed E-state index contributed by atoms with van der Waals surface area (Å²) in [6.07, 6.45) is 0. The van der Waals surface area contributed by atoms with E-state index in [-0.39, 0.29) is 11.5 Å². The molecule has 28 heavy (non-hydrogen) atoms. The van der Waals surface area contributed by atoms with Gasteiger partial charge in [0.25, 0.3) is 11.8 Å². The molecule has 0 saturated heterocycles. The van der Waals surface area contributed by atoms with Gasteiger partial charge in [0.15, 0.2) is 6.61 Å². The third kappa shape index (κ3) is 5.23. The van der Waals surface area contributed by atoms with Crippen LogP contribution in [0, 0.1) is 0 Å². The molecule has 1 N–H and O–H groups in total. The predicted octanol–water partition coefficient (Wildman–Crippen LogP) is 2.20. The van der Waals surface area contributed by atoms with Crippen molar-refractivity contribution >= 4 is 23.5 Å². The molecule has 0 spiro atoms. The summed E-state index contributed by atoms with van der Waals surface area (Å²) in [5.41, 5.74) is 1.14. The van der Waals surface area contributed by atoms with Gasteiger partial charge in [-0.3, -0.25) is 9.59 Å². The van der Waals surface area contributed by atoms with Crippen LogP contribution >= 0.6 is 0 Å². The lowest BCUT2D eigenvalue weighted by Gasteiger charge is -2.12. The molecule has 0 atom stereocenters. The quantitative estimate of drug-likeness (QED) is 0.733. The van der Waals surface area contributed by atoms with E-state index in [4.69, 9.17) is 14.2 Å². The smallest absolute Gasteiger partial charge is 0.342 e. The normalized spacial score (nSPS) is 10.0. The van der Waals surface area contributed by atoms with Gasteiger partial charge in [-0.25, -0.2) is 4.79 Å². The van der Waals surface area contributed by atoms with Gasteiger partial charge in [0.1, 0.15) is 17.1 Å². The van der Waals surface area contributed by atoms with Crippen molar-refractivity contribution in [2.75, 3.05) is 40.2 Å². The van der Waals surface area contributed by atoms with Crippen molar-refractivity contribution in [1.29, 1.82) is 0 Å². The first kappa shape index (κ1) is 20.8. The molecule has 0 heterocycles. The first-order chi connectivity index (χ1) is 13.3. The minimum atomic E-state index is -0.710. The van der Waals surface area contributed by atoms with Crippen molar-refractivity contribution < 1.29 is 28.6 Å². The van der Waals surface area contributed by atoms with Crippen LogP contribution in [0.25, 0.3) is 0 Å². The summed E-state index contributed by atoms with van der Waals surface area (Å²) >= 11 is 0. The fourth-order valence-corrected chi connectivity index (χ4v) is 2.33. The van der Waals surface area contributed by atoms with Gasteiger partial charge in [0, 0.05) is 25.3 Å². The third-order valence-corrected chi connectivity index (χ3v) is 3.78. The summed E-state index contributed by atoms with van der Waals surface area (Å²) in [7, 11) is 6.21. The number of amides is 2. The highest BCUT2D eigenvalue weighted by atomic mass is 16.5. The van der Waals surface area contributed by atoms with E-state index in [1.807, 2.05) is 0 Å². The molecular weight excluding hydrogens is 364 g/mol. The molecule has 0 aliphatic carbocycles. The maximum Gasteiger partial charge on any atom is 0.342 e. The van der Waals surface area contributed by atoms with Gasteiger partial charge < -0.3 is 24.4 Å². The zero-order valence-electron chi connectivity index (χ0n) is 16.1. The summed E-state index contributed by atoms with van der Waals surface area (Å²) in [6.45, 7) is -0.475. The average molecular weight is 386 g/mol. The number of methoxy groups -OCH3 is 2. The number of carbonyl (C=O) groups is 3. The van der Waals surface area contributed by atoms with Crippen LogP contribution in [-0.4, -0.2) is 57.6 Å². The Morgan fingerprint density at radius 1 is 0.964 bits per heavy atom. The van der Waals surface area contributed by atoms with Gasteiger partial charge >= 0.3 is 5.97 Å². The molecule has 0 radical (unpaired) electrons. The summed E-state index contributed by atoms with van der Waals surface area (Å²) in [5.74, 6) is -0.587. The van der Waals surface area contributed by atoms with Crippen molar-refractivity contribution in [3.63, 3.8) is 0 Å². The fraction of sp³-hybridized carbons (Fsp3) is 0.250. The van der Waals surface area contributed by atoms with E-state index >= 15 is 0 Å². The highest BCUT2D eigenvalue weighted by Gasteiger charge is 2.17. The van der Waals surface area contributed by atoms with Crippen molar-refractivity contribution in [2.45, 2.75) is 0 Å². The molecule has 0 aromatic heterocycles. The van der Waals surface area contributed by atoms with Gasteiger partial charge in [-0.2, -0.15) is 0 Å². The highest BCUT2D eigenvalue weighted by molar-refractivity contribution is 5.98. The molecule has 8 nitrogen and oxygen atoms in total. The van der Waals surface area contributed by atoms with Crippen LogP contribution in [0.15, 0.2) is 42.5 Å². The Balaban J connectivity index is 1.95. The van der Waals surface area contributed by atoms with E-state index in [1.165, 1.54) is 25.2 Å². The molecule has 8 heteroatoms. The van der Waals surface area contributed by atoms with Crippen LogP contribution in [0.2, 0.25) is 0 Å². The Labute approximate surface area is 163 Å². The average Bonchev–Trinajstić information content (AvgIpc) is 2.71. The minimum absolute atomic E-state index is 0.140. The maximum atomic E-state index is 12.3. The summed E-state index contributed by atoms with van der Waals surface area (Å²) in [6, 6.07) is 11.1. The van der Waals surface area contributed by atoms with E-state index in [9.17, 15) is 14.4 Å².